The molecular formula is C12H18N2O2. The van der Waals surface area contributed by atoms with Crippen molar-refractivity contribution >= 4 is 0 Å². The fourth-order valence-electron chi connectivity index (χ4n) is 3.28. The lowest BCUT2D eigenvalue weighted by Gasteiger charge is -2.54. The van der Waals surface area contributed by atoms with Crippen molar-refractivity contribution in [1.29, 1.82) is 0 Å². The zero-order valence-corrected chi connectivity index (χ0v) is 9.77. The number of nitrogens with zero attached hydrogens (tertiary/aromatic N) is 1. The minimum absolute atomic E-state index is 0.241. The van der Waals surface area contributed by atoms with Gasteiger partial charge in [-0.25, -0.2) is 0 Å². The average molecular weight is 222 g/mol. The van der Waals surface area contributed by atoms with Crippen molar-refractivity contribution < 1.29 is 9.26 Å². The standard InChI is InChI=1S/C12H18N2O2/c1-12(2)10(9-4-5-15-11(9)12)13-7-8-3-6-16-14-8/h3,6,9-11,13H,4-5,7H2,1-2H3. The highest BCUT2D eigenvalue weighted by atomic mass is 16.5. The number of hydrogen-bond donors (Lipinski definition) is 1. The molecule has 1 aromatic heterocycles. The molecule has 1 aliphatic heterocycles. The Labute approximate surface area is 95.3 Å². The van der Waals surface area contributed by atoms with E-state index in [9.17, 15) is 0 Å². The molecule has 2 heterocycles. The van der Waals surface area contributed by atoms with Crippen LogP contribution in [0.5, 0.6) is 0 Å². The van der Waals surface area contributed by atoms with Gasteiger partial charge in [-0.05, 0) is 6.42 Å². The zero-order valence-electron chi connectivity index (χ0n) is 9.77. The molecule has 0 aromatic carbocycles. The van der Waals surface area contributed by atoms with E-state index in [-0.39, 0.29) is 5.41 Å². The van der Waals surface area contributed by atoms with Crippen molar-refractivity contribution in [2.24, 2.45) is 11.3 Å². The van der Waals surface area contributed by atoms with E-state index < -0.39 is 0 Å². The van der Waals surface area contributed by atoms with Crippen LogP contribution in [0.2, 0.25) is 0 Å². The molecule has 4 nitrogen and oxygen atoms in total. The minimum Gasteiger partial charge on any atom is -0.377 e. The lowest BCUT2D eigenvalue weighted by molar-refractivity contribution is -0.113. The summed E-state index contributed by atoms with van der Waals surface area (Å²) < 4.78 is 10.6. The number of nitrogens with one attached hydrogen (secondary N) is 1. The molecule has 4 heteroatoms. The molecule has 1 aromatic rings. The summed E-state index contributed by atoms with van der Waals surface area (Å²) in [6, 6.07) is 2.44. The van der Waals surface area contributed by atoms with Gasteiger partial charge in [-0.3, -0.25) is 0 Å². The highest BCUT2D eigenvalue weighted by molar-refractivity contribution is 5.11. The third-order valence-corrected chi connectivity index (χ3v) is 4.09. The number of aromatic nitrogens is 1. The molecule has 0 spiro atoms. The van der Waals surface area contributed by atoms with Crippen molar-refractivity contribution in [3.63, 3.8) is 0 Å². The zero-order chi connectivity index (χ0) is 11.2. The number of ether oxygens (including phenoxy) is 1. The molecule has 88 valence electrons. The van der Waals surface area contributed by atoms with Crippen LogP contribution < -0.4 is 5.32 Å². The lowest BCUT2D eigenvalue weighted by Crippen LogP contribution is -2.65. The van der Waals surface area contributed by atoms with Gasteiger partial charge in [-0.2, -0.15) is 0 Å². The van der Waals surface area contributed by atoms with E-state index in [2.05, 4.69) is 24.3 Å². The fraction of sp³-hybridized carbons (Fsp3) is 0.750. The van der Waals surface area contributed by atoms with Crippen LogP contribution in [0.15, 0.2) is 16.9 Å². The van der Waals surface area contributed by atoms with Gasteiger partial charge >= 0.3 is 0 Å². The third kappa shape index (κ3) is 1.40. The lowest BCUT2D eigenvalue weighted by atomic mass is 9.57. The van der Waals surface area contributed by atoms with E-state index in [1.54, 1.807) is 6.26 Å². The average Bonchev–Trinajstić information content (AvgIpc) is 2.86. The molecule has 1 N–H and O–H groups in total. The molecule has 3 unspecified atom stereocenters. The first-order valence-electron chi connectivity index (χ1n) is 5.94. The first-order chi connectivity index (χ1) is 7.69. The van der Waals surface area contributed by atoms with E-state index in [1.807, 2.05) is 6.07 Å². The summed E-state index contributed by atoms with van der Waals surface area (Å²) in [4.78, 5) is 0. The summed E-state index contributed by atoms with van der Waals surface area (Å²) in [5.74, 6) is 0.682. The molecule has 1 aliphatic carbocycles. The van der Waals surface area contributed by atoms with Crippen molar-refractivity contribution in [1.82, 2.24) is 10.5 Å². The van der Waals surface area contributed by atoms with Crippen LogP contribution in [-0.2, 0) is 11.3 Å². The molecular weight excluding hydrogens is 204 g/mol. The van der Waals surface area contributed by atoms with Crippen LogP contribution in [0.3, 0.4) is 0 Å². The predicted octanol–water partition coefficient (Wildman–Crippen LogP) is 1.58. The number of fused-ring (bicyclic) bond motifs is 1. The maximum absolute atomic E-state index is 5.76. The maximum Gasteiger partial charge on any atom is 0.124 e. The van der Waals surface area contributed by atoms with Crippen LogP contribution >= 0.6 is 0 Å². The van der Waals surface area contributed by atoms with Gasteiger partial charge in [0, 0.05) is 36.6 Å². The highest BCUT2D eigenvalue weighted by Crippen LogP contribution is 2.52. The van der Waals surface area contributed by atoms with Crippen LogP contribution in [0.4, 0.5) is 0 Å². The normalized spacial score (nSPS) is 35.8. The molecule has 0 amide bonds. The van der Waals surface area contributed by atoms with Crippen LogP contribution in [0.1, 0.15) is 26.0 Å². The van der Waals surface area contributed by atoms with Crippen LogP contribution in [0.25, 0.3) is 0 Å². The van der Waals surface area contributed by atoms with E-state index in [1.165, 1.54) is 6.42 Å². The first-order valence-corrected chi connectivity index (χ1v) is 5.94. The summed E-state index contributed by atoms with van der Waals surface area (Å²) >= 11 is 0. The minimum atomic E-state index is 0.241. The van der Waals surface area contributed by atoms with Gasteiger partial charge in [0.15, 0.2) is 0 Å². The molecule has 2 aliphatic rings. The molecule has 0 radical (unpaired) electrons. The van der Waals surface area contributed by atoms with E-state index >= 15 is 0 Å². The van der Waals surface area contributed by atoms with Gasteiger partial charge in [0.1, 0.15) is 6.26 Å². The van der Waals surface area contributed by atoms with E-state index in [4.69, 9.17) is 9.26 Å². The van der Waals surface area contributed by atoms with Crippen molar-refractivity contribution in [3.05, 3.63) is 18.0 Å². The monoisotopic (exact) mass is 222 g/mol. The molecule has 16 heavy (non-hydrogen) atoms. The second-order valence-corrected chi connectivity index (χ2v) is 5.41. The second kappa shape index (κ2) is 3.57. The van der Waals surface area contributed by atoms with Crippen molar-refractivity contribution in [2.75, 3.05) is 6.61 Å². The molecule has 0 bridgehead atoms. The summed E-state index contributed by atoms with van der Waals surface area (Å²) in [6.45, 7) is 6.26. The SMILES string of the molecule is CC1(C)C(NCc2ccon2)C2CCOC21. The van der Waals surface area contributed by atoms with Gasteiger partial charge in [0.25, 0.3) is 0 Å². The third-order valence-electron chi connectivity index (χ3n) is 4.09. The quantitative estimate of drug-likeness (QED) is 0.843. The Bertz CT molecular complexity index is 361. The van der Waals surface area contributed by atoms with Crippen LogP contribution in [0, 0.1) is 11.3 Å². The van der Waals surface area contributed by atoms with Gasteiger partial charge < -0.3 is 14.6 Å². The second-order valence-electron chi connectivity index (χ2n) is 5.41. The van der Waals surface area contributed by atoms with Gasteiger partial charge in [-0.1, -0.05) is 19.0 Å². The van der Waals surface area contributed by atoms with E-state index in [0.717, 1.165) is 18.8 Å². The molecule has 1 saturated carbocycles. The van der Waals surface area contributed by atoms with Crippen LogP contribution in [-0.4, -0.2) is 23.9 Å². The maximum atomic E-state index is 5.76. The topological polar surface area (TPSA) is 47.3 Å². The summed E-state index contributed by atoms with van der Waals surface area (Å²) in [5.41, 5.74) is 1.21. The van der Waals surface area contributed by atoms with Gasteiger partial charge in [0.2, 0.25) is 0 Å². The molecule has 2 fully saturated rings. The van der Waals surface area contributed by atoms with Crippen molar-refractivity contribution in [2.45, 2.75) is 39.0 Å². The van der Waals surface area contributed by atoms with Gasteiger partial charge in [0.05, 0.1) is 11.8 Å². The van der Waals surface area contributed by atoms with E-state index in [0.29, 0.717) is 18.1 Å². The first kappa shape index (κ1) is 10.3. The molecule has 1 saturated heterocycles. The Morgan fingerprint density at radius 2 is 2.44 bits per heavy atom. The molecule has 3 atom stereocenters. The summed E-state index contributed by atoms with van der Waals surface area (Å²) in [5, 5.41) is 7.49. The Kier molecular flexibility index (Phi) is 2.30. The largest absolute Gasteiger partial charge is 0.377 e. The summed E-state index contributed by atoms with van der Waals surface area (Å²) in [6.07, 6.45) is 3.25. The Morgan fingerprint density at radius 1 is 1.56 bits per heavy atom. The number of hydrogen-bond acceptors (Lipinski definition) is 4. The Balaban J connectivity index is 1.63. The highest BCUT2D eigenvalue weighted by Gasteiger charge is 2.58. The fourth-order valence-corrected chi connectivity index (χ4v) is 3.28. The smallest absolute Gasteiger partial charge is 0.124 e. The Hall–Kier alpha value is -0.870. The number of rotatable bonds is 3. The summed E-state index contributed by atoms with van der Waals surface area (Å²) in [7, 11) is 0. The van der Waals surface area contributed by atoms with Crippen molar-refractivity contribution in [3.8, 4) is 0 Å². The van der Waals surface area contributed by atoms with Gasteiger partial charge in [-0.15, -0.1) is 0 Å². The Morgan fingerprint density at radius 3 is 3.19 bits per heavy atom. The predicted molar refractivity (Wildman–Crippen MR) is 58.8 cm³/mol. The molecule has 3 rings (SSSR count).